The third kappa shape index (κ3) is 5.18. The fourth-order valence-corrected chi connectivity index (χ4v) is 2.49. The third-order valence-corrected chi connectivity index (χ3v) is 3.90. The Labute approximate surface area is 162 Å². The number of aryl methyl sites for hydroxylation is 1. The predicted molar refractivity (Wildman–Crippen MR) is 100 cm³/mol. The summed E-state index contributed by atoms with van der Waals surface area (Å²) in [6.07, 6.45) is 0. The number of ether oxygens (including phenoxy) is 1. The highest BCUT2D eigenvalue weighted by Gasteiger charge is 2.27. The molecule has 28 heavy (non-hydrogen) atoms. The van der Waals surface area contributed by atoms with Gasteiger partial charge in [-0.15, -0.1) is 0 Å². The summed E-state index contributed by atoms with van der Waals surface area (Å²) in [5, 5.41) is 15.8. The van der Waals surface area contributed by atoms with Crippen molar-refractivity contribution in [1.82, 2.24) is 10.5 Å². The molecule has 1 amide bonds. The van der Waals surface area contributed by atoms with Gasteiger partial charge in [0.1, 0.15) is 28.5 Å². The van der Waals surface area contributed by atoms with Crippen LogP contribution in [0.3, 0.4) is 0 Å². The maximum atomic E-state index is 12.2. The molecule has 0 unspecified atom stereocenters. The summed E-state index contributed by atoms with van der Waals surface area (Å²) in [5.74, 6) is -2.91. The van der Waals surface area contributed by atoms with Gasteiger partial charge in [0.25, 0.3) is 0 Å². The largest absolute Gasteiger partial charge is 0.477 e. The van der Waals surface area contributed by atoms with E-state index in [0.29, 0.717) is 5.56 Å². The summed E-state index contributed by atoms with van der Waals surface area (Å²) < 4.78 is 10.2. The first-order chi connectivity index (χ1) is 13.0. The molecule has 2 aromatic rings. The van der Waals surface area contributed by atoms with Crippen molar-refractivity contribution in [2.45, 2.75) is 46.8 Å². The molecule has 8 nitrogen and oxygen atoms in total. The molecule has 0 aliphatic rings. The standard InChI is InChI=1S/C20H24N2O6/c1-11(19(26)27-20(3,4)5)17(23)21-10-13-7-6-8-14(9-13)16-15(18(24)25)12(2)28-22-16/h6-9,11H,10H2,1-5H3,(H,21,23)(H,24,25)/t11-/m0/s1. The molecule has 1 heterocycles. The Kier molecular flexibility index (Phi) is 6.23. The van der Waals surface area contributed by atoms with E-state index >= 15 is 0 Å². The number of nitrogens with zero attached hydrogens (tertiary/aromatic N) is 1. The van der Waals surface area contributed by atoms with Gasteiger partial charge in [0.15, 0.2) is 0 Å². The van der Waals surface area contributed by atoms with E-state index in [-0.39, 0.29) is 23.6 Å². The number of aromatic nitrogens is 1. The number of benzene rings is 1. The van der Waals surface area contributed by atoms with Crippen LogP contribution in [0.5, 0.6) is 0 Å². The molecular formula is C20H24N2O6. The molecule has 0 fully saturated rings. The van der Waals surface area contributed by atoms with Crippen molar-refractivity contribution in [3.05, 3.63) is 41.2 Å². The zero-order chi connectivity index (χ0) is 21.1. The van der Waals surface area contributed by atoms with Crippen LogP contribution in [0.2, 0.25) is 0 Å². The van der Waals surface area contributed by atoms with Gasteiger partial charge < -0.3 is 19.7 Å². The van der Waals surface area contributed by atoms with Gasteiger partial charge in [0.05, 0.1) is 0 Å². The Morgan fingerprint density at radius 1 is 1.29 bits per heavy atom. The molecule has 1 aromatic carbocycles. The average Bonchev–Trinajstić information content (AvgIpc) is 2.99. The molecule has 8 heteroatoms. The molecule has 0 bridgehead atoms. The molecular weight excluding hydrogens is 364 g/mol. The normalized spacial score (nSPS) is 12.3. The van der Waals surface area contributed by atoms with Crippen LogP contribution in [0.25, 0.3) is 11.3 Å². The van der Waals surface area contributed by atoms with Gasteiger partial charge in [-0.2, -0.15) is 0 Å². The molecule has 2 N–H and O–H groups in total. The average molecular weight is 388 g/mol. The number of carbonyl (C=O) groups is 3. The lowest BCUT2D eigenvalue weighted by Gasteiger charge is -2.22. The summed E-state index contributed by atoms with van der Waals surface area (Å²) in [6.45, 7) is 8.38. The second-order valence-corrected chi connectivity index (χ2v) is 7.44. The second kappa shape index (κ2) is 8.24. The first kappa shape index (κ1) is 21.1. The highest BCUT2D eigenvalue weighted by molar-refractivity contribution is 5.97. The number of carboxylic acids is 1. The molecule has 0 saturated carbocycles. The van der Waals surface area contributed by atoms with Crippen molar-refractivity contribution in [1.29, 1.82) is 0 Å². The van der Waals surface area contributed by atoms with Crippen LogP contribution in [0.15, 0.2) is 28.8 Å². The smallest absolute Gasteiger partial charge is 0.341 e. The highest BCUT2D eigenvalue weighted by Crippen LogP contribution is 2.26. The number of hydrogen-bond acceptors (Lipinski definition) is 6. The molecule has 2 rings (SSSR count). The van der Waals surface area contributed by atoms with Crippen LogP contribution in [0.1, 0.15) is 49.4 Å². The Morgan fingerprint density at radius 3 is 2.57 bits per heavy atom. The molecule has 0 aliphatic carbocycles. The lowest BCUT2D eigenvalue weighted by Crippen LogP contribution is -2.37. The van der Waals surface area contributed by atoms with Gasteiger partial charge in [-0.1, -0.05) is 23.4 Å². The van der Waals surface area contributed by atoms with Crippen LogP contribution in [0, 0.1) is 12.8 Å². The Morgan fingerprint density at radius 2 is 1.96 bits per heavy atom. The van der Waals surface area contributed by atoms with Crippen molar-refractivity contribution >= 4 is 17.8 Å². The fraction of sp³-hybridized carbons (Fsp3) is 0.400. The van der Waals surface area contributed by atoms with Crippen molar-refractivity contribution < 1.29 is 28.8 Å². The molecule has 0 saturated heterocycles. The second-order valence-electron chi connectivity index (χ2n) is 7.44. The number of nitrogens with one attached hydrogen (secondary N) is 1. The number of amides is 1. The van der Waals surface area contributed by atoms with Gasteiger partial charge >= 0.3 is 11.9 Å². The Bertz CT molecular complexity index is 894. The zero-order valence-electron chi connectivity index (χ0n) is 16.5. The summed E-state index contributed by atoms with van der Waals surface area (Å²) in [5.41, 5.74) is 0.831. The van der Waals surface area contributed by atoms with Crippen LogP contribution < -0.4 is 5.32 Å². The van der Waals surface area contributed by atoms with E-state index in [1.54, 1.807) is 45.0 Å². The van der Waals surface area contributed by atoms with Gasteiger partial charge in [-0.3, -0.25) is 9.59 Å². The van der Waals surface area contributed by atoms with E-state index in [9.17, 15) is 19.5 Å². The minimum Gasteiger partial charge on any atom is -0.477 e. The monoisotopic (exact) mass is 388 g/mol. The van der Waals surface area contributed by atoms with Crippen LogP contribution in [-0.2, 0) is 20.9 Å². The van der Waals surface area contributed by atoms with Gasteiger partial charge in [0.2, 0.25) is 5.91 Å². The van der Waals surface area contributed by atoms with Crippen LogP contribution >= 0.6 is 0 Å². The number of carbonyl (C=O) groups excluding carboxylic acids is 2. The summed E-state index contributed by atoms with van der Waals surface area (Å²) in [6, 6.07) is 6.92. The van der Waals surface area contributed by atoms with Crippen LogP contribution in [-0.4, -0.2) is 33.7 Å². The summed E-state index contributed by atoms with van der Waals surface area (Å²) in [7, 11) is 0. The van der Waals surface area contributed by atoms with Crippen molar-refractivity contribution in [2.24, 2.45) is 5.92 Å². The van der Waals surface area contributed by atoms with E-state index in [1.165, 1.54) is 13.8 Å². The van der Waals surface area contributed by atoms with Gasteiger partial charge in [-0.05, 0) is 46.2 Å². The number of hydrogen-bond donors (Lipinski definition) is 2. The van der Waals surface area contributed by atoms with E-state index in [0.717, 1.165) is 5.56 Å². The number of rotatable bonds is 6. The predicted octanol–water partition coefficient (Wildman–Crippen LogP) is 2.94. The van der Waals surface area contributed by atoms with E-state index in [4.69, 9.17) is 9.26 Å². The molecule has 1 aromatic heterocycles. The topological polar surface area (TPSA) is 119 Å². The van der Waals surface area contributed by atoms with Crippen molar-refractivity contribution in [3.8, 4) is 11.3 Å². The number of carboxylic acid groups (broad SMARTS) is 1. The van der Waals surface area contributed by atoms with Crippen molar-refractivity contribution in [3.63, 3.8) is 0 Å². The SMILES string of the molecule is Cc1onc(-c2cccc(CNC(=O)[C@H](C)C(=O)OC(C)(C)C)c2)c1C(=O)O. The third-order valence-electron chi connectivity index (χ3n) is 3.90. The van der Waals surface area contributed by atoms with Gasteiger partial charge in [-0.25, -0.2) is 4.79 Å². The zero-order valence-corrected chi connectivity index (χ0v) is 16.5. The lowest BCUT2D eigenvalue weighted by molar-refractivity contribution is -0.161. The minimum atomic E-state index is -1.13. The first-order valence-electron chi connectivity index (χ1n) is 8.79. The maximum Gasteiger partial charge on any atom is 0.341 e. The molecule has 0 radical (unpaired) electrons. The lowest BCUT2D eigenvalue weighted by atomic mass is 10.0. The van der Waals surface area contributed by atoms with Gasteiger partial charge in [0, 0.05) is 12.1 Å². The highest BCUT2D eigenvalue weighted by atomic mass is 16.6. The summed E-state index contributed by atoms with van der Waals surface area (Å²) >= 11 is 0. The van der Waals surface area contributed by atoms with Crippen LogP contribution in [0.4, 0.5) is 0 Å². The van der Waals surface area contributed by atoms with E-state index in [1.807, 2.05) is 0 Å². The van der Waals surface area contributed by atoms with E-state index < -0.39 is 29.4 Å². The molecule has 1 atom stereocenters. The quantitative estimate of drug-likeness (QED) is 0.577. The van der Waals surface area contributed by atoms with Crippen molar-refractivity contribution in [2.75, 3.05) is 0 Å². The maximum absolute atomic E-state index is 12.2. The minimum absolute atomic E-state index is 0.000247. The number of aromatic carboxylic acids is 1. The fourth-order valence-electron chi connectivity index (χ4n) is 2.49. The molecule has 0 aliphatic heterocycles. The summed E-state index contributed by atoms with van der Waals surface area (Å²) in [4.78, 5) is 35.6. The first-order valence-corrected chi connectivity index (χ1v) is 8.79. The Hall–Kier alpha value is -3.16. The number of esters is 1. The van der Waals surface area contributed by atoms with E-state index in [2.05, 4.69) is 10.5 Å². The molecule has 0 spiro atoms. The Balaban J connectivity index is 2.09. The molecule has 150 valence electrons.